The van der Waals surface area contributed by atoms with Gasteiger partial charge in [0.2, 0.25) is 0 Å². The number of ether oxygens (including phenoxy) is 2. The third-order valence-electron chi connectivity index (χ3n) is 4.89. The van der Waals surface area contributed by atoms with E-state index in [-0.39, 0.29) is 35.9 Å². The number of rotatable bonds is 6. The van der Waals surface area contributed by atoms with Gasteiger partial charge in [-0.2, -0.15) is 5.26 Å². The lowest BCUT2D eigenvalue weighted by molar-refractivity contribution is -0.142. The van der Waals surface area contributed by atoms with Crippen molar-refractivity contribution in [1.29, 1.82) is 5.26 Å². The second-order valence-electron chi connectivity index (χ2n) is 6.74. The van der Waals surface area contributed by atoms with E-state index in [1.165, 1.54) is 4.90 Å². The Hall–Kier alpha value is -3.76. The Morgan fingerprint density at radius 2 is 1.62 bits per heavy atom. The maximum Gasteiger partial charge on any atom is 0.355 e. The highest BCUT2D eigenvalue weighted by Gasteiger charge is 2.43. The standard InChI is InChI=1S/C24H22ClN3O4/c1-3-31-23(29)20-19(16-12-8-9-13-18(16)25)17(14-26)22(27)28(15-10-6-5-7-11-15)21(20)24(30)32-4-2/h5-13,19H,3-4,27H2,1-2H3. The average Bonchev–Trinajstić information content (AvgIpc) is 2.79. The van der Waals surface area contributed by atoms with Gasteiger partial charge in [-0.3, -0.25) is 4.90 Å². The summed E-state index contributed by atoms with van der Waals surface area (Å²) in [6.45, 7) is 3.45. The molecule has 3 rings (SSSR count). The molecule has 0 saturated heterocycles. The van der Waals surface area contributed by atoms with Crippen molar-refractivity contribution >= 4 is 29.2 Å². The molecule has 0 fully saturated rings. The van der Waals surface area contributed by atoms with Gasteiger partial charge in [0.1, 0.15) is 11.5 Å². The molecule has 0 bridgehead atoms. The van der Waals surface area contributed by atoms with Gasteiger partial charge in [-0.05, 0) is 37.6 Å². The zero-order valence-electron chi connectivity index (χ0n) is 17.7. The molecule has 0 amide bonds. The van der Waals surface area contributed by atoms with Crippen molar-refractivity contribution in [2.45, 2.75) is 19.8 Å². The van der Waals surface area contributed by atoms with Crippen molar-refractivity contribution in [3.8, 4) is 6.07 Å². The molecule has 0 aromatic heterocycles. The molecule has 1 heterocycles. The lowest BCUT2D eigenvalue weighted by Gasteiger charge is -2.36. The number of anilines is 1. The van der Waals surface area contributed by atoms with Crippen LogP contribution in [0.1, 0.15) is 25.3 Å². The van der Waals surface area contributed by atoms with Crippen molar-refractivity contribution < 1.29 is 19.1 Å². The van der Waals surface area contributed by atoms with E-state index in [4.69, 9.17) is 26.8 Å². The first-order valence-electron chi connectivity index (χ1n) is 10.0. The lowest BCUT2D eigenvalue weighted by atomic mass is 9.80. The molecule has 0 spiro atoms. The number of hydrogen-bond acceptors (Lipinski definition) is 7. The molecule has 2 aromatic carbocycles. The smallest absolute Gasteiger partial charge is 0.355 e. The average molecular weight is 452 g/mol. The summed E-state index contributed by atoms with van der Waals surface area (Å²) in [5.41, 5.74) is 7.28. The zero-order valence-corrected chi connectivity index (χ0v) is 18.4. The number of nitrogens with zero attached hydrogens (tertiary/aromatic N) is 2. The highest BCUT2D eigenvalue weighted by atomic mass is 35.5. The predicted octanol–water partition coefficient (Wildman–Crippen LogP) is 4.02. The fraction of sp³-hybridized carbons (Fsp3) is 0.208. The zero-order chi connectivity index (χ0) is 23.3. The SMILES string of the molecule is CCOC(=O)C1=C(C(=O)OCC)N(c2ccccc2)C(N)=C(C#N)C1c1ccccc1Cl. The number of nitrogens with two attached hydrogens (primary N) is 1. The minimum absolute atomic E-state index is 0.000258. The topological polar surface area (TPSA) is 106 Å². The molecule has 0 saturated carbocycles. The highest BCUT2D eigenvalue weighted by Crippen LogP contribution is 2.44. The number of esters is 2. The molecule has 164 valence electrons. The van der Waals surface area contributed by atoms with Crippen LogP contribution in [0, 0.1) is 11.3 Å². The number of carbonyl (C=O) groups is 2. The third kappa shape index (κ3) is 4.18. The van der Waals surface area contributed by atoms with E-state index < -0.39 is 17.9 Å². The largest absolute Gasteiger partial charge is 0.463 e. The second-order valence-corrected chi connectivity index (χ2v) is 7.15. The molecule has 1 unspecified atom stereocenters. The maximum absolute atomic E-state index is 13.2. The van der Waals surface area contributed by atoms with Gasteiger partial charge in [0.25, 0.3) is 0 Å². The molecule has 2 N–H and O–H groups in total. The Kier molecular flexibility index (Phi) is 7.18. The first kappa shape index (κ1) is 22.9. The number of halogens is 1. The minimum atomic E-state index is -1.01. The van der Waals surface area contributed by atoms with Crippen molar-refractivity contribution in [2.24, 2.45) is 5.73 Å². The number of para-hydroxylation sites is 1. The molecule has 1 aliphatic heterocycles. The monoisotopic (exact) mass is 451 g/mol. The summed E-state index contributed by atoms with van der Waals surface area (Å²) in [5, 5.41) is 10.4. The van der Waals surface area contributed by atoms with Gasteiger partial charge < -0.3 is 15.2 Å². The van der Waals surface area contributed by atoms with Crippen LogP contribution in [-0.4, -0.2) is 25.2 Å². The van der Waals surface area contributed by atoms with Gasteiger partial charge in [-0.25, -0.2) is 9.59 Å². The first-order valence-corrected chi connectivity index (χ1v) is 10.4. The Labute approximate surface area is 191 Å². The van der Waals surface area contributed by atoms with Crippen molar-refractivity contribution in [3.05, 3.63) is 87.8 Å². The van der Waals surface area contributed by atoms with Crippen LogP contribution in [0.4, 0.5) is 5.69 Å². The summed E-state index contributed by atoms with van der Waals surface area (Å²) in [6.07, 6.45) is 0. The molecule has 1 atom stereocenters. The Morgan fingerprint density at radius 1 is 1.03 bits per heavy atom. The second kappa shape index (κ2) is 10.0. The molecule has 2 aromatic rings. The van der Waals surface area contributed by atoms with E-state index in [9.17, 15) is 14.9 Å². The third-order valence-corrected chi connectivity index (χ3v) is 5.23. The van der Waals surface area contributed by atoms with E-state index in [1.54, 1.807) is 68.4 Å². The van der Waals surface area contributed by atoms with Gasteiger partial charge in [0, 0.05) is 10.7 Å². The van der Waals surface area contributed by atoms with Crippen molar-refractivity contribution in [2.75, 3.05) is 18.1 Å². The molecule has 8 heteroatoms. The van der Waals surface area contributed by atoms with E-state index >= 15 is 0 Å². The quantitative estimate of drug-likeness (QED) is 0.661. The molecule has 0 aliphatic carbocycles. The molecule has 1 aliphatic rings. The summed E-state index contributed by atoms with van der Waals surface area (Å²) >= 11 is 6.44. The van der Waals surface area contributed by atoms with Crippen molar-refractivity contribution in [1.82, 2.24) is 0 Å². The molecular formula is C24H22ClN3O4. The summed E-state index contributed by atoms with van der Waals surface area (Å²) in [6, 6.07) is 17.6. The molecule has 7 nitrogen and oxygen atoms in total. The normalized spacial score (nSPS) is 15.9. The number of carbonyl (C=O) groups excluding carboxylic acids is 2. The highest BCUT2D eigenvalue weighted by molar-refractivity contribution is 6.31. The van der Waals surface area contributed by atoms with Gasteiger partial charge in [0.15, 0.2) is 0 Å². The minimum Gasteiger partial charge on any atom is -0.463 e. The summed E-state index contributed by atoms with van der Waals surface area (Å²) in [7, 11) is 0. The fourth-order valence-corrected chi connectivity index (χ4v) is 3.85. The Morgan fingerprint density at radius 3 is 2.22 bits per heavy atom. The van der Waals surface area contributed by atoms with E-state index in [2.05, 4.69) is 6.07 Å². The summed E-state index contributed by atoms with van der Waals surface area (Å²) in [5.74, 6) is -2.54. The maximum atomic E-state index is 13.2. The van der Waals surface area contributed by atoms with Crippen LogP contribution < -0.4 is 10.6 Å². The molecule has 0 radical (unpaired) electrons. The fourth-order valence-electron chi connectivity index (χ4n) is 3.60. The van der Waals surface area contributed by atoms with Gasteiger partial charge in [0.05, 0.1) is 36.3 Å². The number of allylic oxidation sites excluding steroid dienone is 1. The Bertz CT molecular complexity index is 1140. The summed E-state index contributed by atoms with van der Waals surface area (Å²) < 4.78 is 10.6. The van der Waals surface area contributed by atoms with Crippen LogP contribution in [0.5, 0.6) is 0 Å². The van der Waals surface area contributed by atoms with Gasteiger partial charge in [-0.1, -0.05) is 48.0 Å². The van der Waals surface area contributed by atoms with Crippen LogP contribution in [0.2, 0.25) is 5.02 Å². The van der Waals surface area contributed by atoms with Crippen LogP contribution in [0.3, 0.4) is 0 Å². The number of nitriles is 1. The Balaban J connectivity index is 2.42. The first-order chi connectivity index (χ1) is 15.5. The van der Waals surface area contributed by atoms with Gasteiger partial charge in [-0.15, -0.1) is 0 Å². The van der Waals surface area contributed by atoms with Crippen LogP contribution in [0.25, 0.3) is 0 Å². The number of hydrogen-bond donors (Lipinski definition) is 1. The summed E-state index contributed by atoms with van der Waals surface area (Å²) in [4.78, 5) is 27.8. The van der Waals surface area contributed by atoms with Crippen LogP contribution in [0.15, 0.2) is 77.3 Å². The molecule has 32 heavy (non-hydrogen) atoms. The predicted molar refractivity (Wildman–Crippen MR) is 120 cm³/mol. The van der Waals surface area contributed by atoms with Gasteiger partial charge >= 0.3 is 11.9 Å². The van der Waals surface area contributed by atoms with Crippen LogP contribution in [-0.2, 0) is 19.1 Å². The number of benzene rings is 2. The van der Waals surface area contributed by atoms with E-state index in [0.29, 0.717) is 16.3 Å². The van der Waals surface area contributed by atoms with E-state index in [0.717, 1.165) is 0 Å². The van der Waals surface area contributed by atoms with E-state index in [1.807, 2.05) is 0 Å². The van der Waals surface area contributed by atoms with Crippen molar-refractivity contribution in [3.63, 3.8) is 0 Å². The lowest BCUT2D eigenvalue weighted by Crippen LogP contribution is -2.41. The van der Waals surface area contributed by atoms with Crippen LogP contribution >= 0.6 is 11.6 Å². The molecular weight excluding hydrogens is 430 g/mol.